The Bertz CT molecular complexity index is 1000. The molecule has 0 spiro atoms. The van der Waals surface area contributed by atoms with Gasteiger partial charge in [-0.2, -0.15) is 8.78 Å². The van der Waals surface area contributed by atoms with Crippen LogP contribution in [-0.4, -0.2) is 33.3 Å². The third kappa shape index (κ3) is 6.04. The van der Waals surface area contributed by atoms with Crippen LogP contribution in [0.15, 0.2) is 58.3 Å². The molecule has 30 heavy (non-hydrogen) atoms. The van der Waals surface area contributed by atoms with Crippen LogP contribution in [0.25, 0.3) is 6.08 Å². The van der Waals surface area contributed by atoms with Crippen LogP contribution in [-0.2, 0) is 9.59 Å². The van der Waals surface area contributed by atoms with Crippen LogP contribution in [0.3, 0.4) is 0 Å². The molecule has 2 amide bonds. The summed E-state index contributed by atoms with van der Waals surface area (Å²) in [6.07, 6.45) is 1.72. The molecule has 0 radical (unpaired) electrons. The van der Waals surface area contributed by atoms with Crippen molar-refractivity contribution in [3.8, 4) is 0 Å². The number of carbonyl (C=O) groups excluding carboxylic acids is 2. The fourth-order valence-electron chi connectivity index (χ4n) is 2.58. The lowest BCUT2D eigenvalue weighted by atomic mass is 10.2. The van der Waals surface area contributed by atoms with E-state index in [-0.39, 0.29) is 24.8 Å². The van der Waals surface area contributed by atoms with Crippen LogP contribution in [0, 0.1) is 0 Å². The van der Waals surface area contributed by atoms with E-state index in [0.717, 1.165) is 11.8 Å². The van der Waals surface area contributed by atoms with Gasteiger partial charge in [0.1, 0.15) is 4.32 Å². The van der Waals surface area contributed by atoms with Crippen molar-refractivity contribution in [3.63, 3.8) is 0 Å². The van der Waals surface area contributed by atoms with Crippen molar-refractivity contribution < 1.29 is 18.4 Å². The highest BCUT2D eigenvalue weighted by Gasteiger charge is 2.32. The molecule has 156 valence electrons. The Kier molecular flexibility index (Phi) is 7.87. The topological polar surface area (TPSA) is 49.4 Å². The fourth-order valence-corrected chi connectivity index (χ4v) is 4.57. The van der Waals surface area contributed by atoms with Gasteiger partial charge in [0.25, 0.3) is 11.7 Å². The molecule has 1 aliphatic heterocycles. The molecule has 0 aliphatic carbocycles. The quantitative estimate of drug-likeness (QED) is 0.302. The van der Waals surface area contributed by atoms with Gasteiger partial charge in [0.05, 0.1) is 4.91 Å². The second-order valence-corrected chi connectivity index (χ2v) is 9.20. The summed E-state index contributed by atoms with van der Waals surface area (Å²) in [6.45, 7) is 0.135. The molecule has 1 aliphatic rings. The zero-order valence-corrected chi connectivity index (χ0v) is 18.5. The normalized spacial score (nSPS) is 15.3. The fraction of sp³-hybridized carbons (Fsp3) is 0.150. The van der Waals surface area contributed by atoms with Gasteiger partial charge in [0, 0.05) is 28.6 Å². The standard InChI is InChI=1S/C20H15ClF2N2O2S3/c21-15-4-2-1-3-12(15)11-16-18(27)25(20(28)30-16)10-9-17(26)24-13-5-7-14(8-6-13)29-19(22)23/h1-8,11,19H,9-10H2,(H,24,26)/b16-11+. The van der Waals surface area contributed by atoms with Crippen molar-refractivity contribution in [3.05, 3.63) is 64.0 Å². The van der Waals surface area contributed by atoms with E-state index < -0.39 is 5.76 Å². The minimum atomic E-state index is -2.50. The molecule has 4 nitrogen and oxygen atoms in total. The molecule has 0 saturated carbocycles. The van der Waals surface area contributed by atoms with E-state index in [0.29, 0.717) is 42.2 Å². The zero-order chi connectivity index (χ0) is 21.7. The number of rotatable bonds is 7. The number of carbonyl (C=O) groups is 2. The van der Waals surface area contributed by atoms with E-state index in [2.05, 4.69) is 5.32 Å². The van der Waals surface area contributed by atoms with E-state index >= 15 is 0 Å². The molecular formula is C20H15ClF2N2O2S3. The number of thiocarbonyl (C=S) groups is 1. The summed E-state index contributed by atoms with van der Waals surface area (Å²) in [5.41, 5.74) is 1.20. The number of thioether (sulfide) groups is 2. The number of nitrogens with zero attached hydrogens (tertiary/aromatic N) is 1. The van der Waals surface area contributed by atoms with Crippen LogP contribution in [0.4, 0.5) is 14.5 Å². The molecule has 2 aromatic rings. The van der Waals surface area contributed by atoms with Crippen molar-refractivity contribution in [2.45, 2.75) is 17.1 Å². The largest absolute Gasteiger partial charge is 0.326 e. The highest BCUT2D eigenvalue weighted by atomic mass is 35.5. The molecule has 0 unspecified atom stereocenters. The van der Waals surface area contributed by atoms with Crippen molar-refractivity contribution in [2.24, 2.45) is 0 Å². The van der Waals surface area contributed by atoms with Crippen molar-refractivity contribution in [1.82, 2.24) is 4.90 Å². The van der Waals surface area contributed by atoms with Gasteiger partial charge in [-0.05, 0) is 42.0 Å². The second-order valence-electron chi connectivity index (χ2n) is 6.06. The number of amides is 2. The minimum Gasteiger partial charge on any atom is -0.326 e. The molecule has 0 atom stereocenters. The first kappa shape index (κ1) is 22.7. The van der Waals surface area contributed by atoms with E-state index in [1.165, 1.54) is 17.0 Å². The number of halogens is 3. The van der Waals surface area contributed by atoms with E-state index in [4.69, 9.17) is 23.8 Å². The Morgan fingerprint density at radius 2 is 1.93 bits per heavy atom. The lowest BCUT2D eigenvalue weighted by molar-refractivity contribution is -0.122. The molecule has 2 aromatic carbocycles. The Morgan fingerprint density at radius 3 is 2.60 bits per heavy atom. The summed E-state index contributed by atoms with van der Waals surface area (Å²) < 4.78 is 25.1. The van der Waals surface area contributed by atoms with Gasteiger partial charge in [-0.3, -0.25) is 14.5 Å². The molecule has 0 bridgehead atoms. The lowest BCUT2D eigenvalue weighted by Gasteiger charge is -2.14. The molecule has 1 saturated heterocycles. The van der Waals surface area contributed by atoms with Crippen LogP contribution in [0.2, 0.25) is 5.02 Å². The van der Waals surface area contributed by atoms with Gasteiger partial charge in [-0.1, -0.05) is 65.5 Å². The SMILES string of the molecule is O=C(CCN1C(=O)/C(=C\c2ccccc2Cl)SC1=S)Nc1ccc(SC(F)F)cc1. The predicted molar refractivity (Wildman–Crippen MR) is 123 cm³/mol. The van der Waals surface area contributed by atoms with Gasteiger partial charge < -0.3 is 5.32 Å². The number of benzene rings is 2. The third-order valence-corrected chi connectivity index (χ3v) is 6.44. The van der Waals surface area contributed by atoms with Crippen molar-refractivity contribution in [1.29, 1.82) is 0 Å². The van der Waals surface area contributed by atoms with Gasteiger partial charge in [0.2, 0.25) is 5.91 Å². The molecule has 3 rings (SSSR count). The molecule has 1 fully saturated rings. The number of nitrogens with one attached hydrogen (secondary N) is 1. The Hall–Kier alpha value is -1.94. The lowest BCUT2D eigenvalue weighted by Crippen LogP contribution is -2.31. The van der Waals surface area contributed by atoms with Crippen LogP contribution in [0.5, 0.6) is 0 Å². The van der Waals surface area contributed by atoms with E-state index in [1.54, 1.807) is 36.4 Å². The molecule has 10 heteroatoms. The summed E-state index contributed by atoms with van der Waals surface area (Å²) in [5.74, 6) is -3.08. The van der Waals surface area contributed by atoms with E-state index in [9.17, 15) is 18.4 Å². The van der Waals surface area contributed by atoms with Gasteiger partial charge in [0.15, 0.2) is 0 Å². The monoisotopic (exact) mass is 484 g/mol. The Labute approximate surface area is 191 Å². The maximum absolute atomic E-state index is 12.6. The molecular weight excluding hydrogens is 470 g/mol. The summed E-state index contributed by atoms with van der Waals surface area (Å²) in [6, 6.07) is 13.3. The maximum Gasteiger partial charge on any atom is 0.288 e. The summed E-state index contributed by atoms with van der Waals surface area (Å²) in [5, 5.41) is 3.21. The summed E-state index contributed by atoms with van der Waals surface area (Å²) in [7, 11) is 0. The third-order valence-electron chi connectivity index (χ3n) is 3.99. The predicted octanol–water partition coefficient (Wildman–Crippen LogP) is 5.88. The number of alkyl halides is 2. The minimum absolute atomic E-state index is 0.0410. The Morgan fingerprint density at radius 1 is 1.23 bits per heavy atom. The first-order chi connectivity index (χ1) is 14.3. The summed E-state index contributed by atoms with van der Waals surface area (Å²) in [4.78, 5) is 27.1. The van der Waals surface area contributed by atoms with Gasteiger partial charge >= 0.3 is 0 Å². The van der Waals surface area contributed by atoms with E-state index in [1.807, 2.05) is 6.07 Å². The average molecular weight is 485 g/mol. The number of hydrogen-bond donors (Lipinski definition) is 1. The van der Waals surface area contributed by atoms with Crippen LogP contribution >= 0.6 is 47.3 Å². The highest BCUT2D eigenvalue weighted by molar-refractivity contribution is 8.26. The second kappa shape index (κ2) is 10.4. The van der Waals surface area contributed by atoms with Crippen molar-refractivity contribution in [2.75, 3.05) is 11.9 Å². The van der Waals surface area contributed by atoms with Crippen LogP contribution in [0.1, 0.15) is 12.0 Å². The first-order valence-corrected chi connectivity index (χ1v) is 11.2. The number of hydrogen-bond acceptors (Lipinski definition) is 5. The maximum atomic E-state index is 12.6. The smallest absolute Gasteiger partial charge is 0.288 e. The molecule has 1 N–H and O–H groups in total. The molecule has 0 aromatic heterocycles. The molecule has 1 heterocycles. The van der Waals surface area contributed by atoms with Crippen molar-refractivity contribution >= 4 is 75.2 Å². The zero-order valence-electron chi connectivity index (χ0n) is 15.3. The highest BCUT2D eigenvalue weighted by Crippen LogP contribution is 2.33. The van der Waals surface area contributed by atoms with Crippen LogP contribution < -0.4 is 5.32 Å². The Balaban J connectivity index is 1.56. The first-order valence-electron chi connectivity index (χ1n) is 8.68. The van der Waals surface area contributed by atoms with Gasteiger partial charge in [-0.15, -0.1) is 0 Å². The van der Waals surface area contributed by atoms with Gasteiger partial charge in [-0.25, -0.2) is 0 Å². The summed E-state index contributed by atoms with van der Waals surface area (Å²) >= 11 is 13.0. The number of anilines is 1. The average Bonchev–Trinajstić information content (AvgIpc) is 2.96.